The molecule has 2 radical (unpaired) electrons. The average molecular weight is 248 g/mol. The Morgan fingerprint density at radius 3 is 1.74 bits per heavy atom. The molecule has 2 rings (SSSR count). The number of hydrogen-bond donors (Lipinski definition) is 0. The molecular formula is C18H21B. The largest absolute Gasteiger partial charge is 0.0887 e. The number of benzene rings is 2. The molecule has 0 aliphatic rings. The second kappa shape index (κ2) is 6.61. The van der Waals surface area contributed by atoms with Crippen LogP contribution >= 0.6 is 0 Å². The van der Waals surface area contributed by atoms with Gasteiger partial charge in [-0.1, -0.05) is 61.3 Å². The van der Waals surface area contributed by atoms with E-state index in [2.05, 4.69) is 62.4 Å². The summed E-state index contributed by atoms with van der Waals surface area (Å²) in [5.41, 5.74) is 5.61. The third kappa shape index (κ3) is 3.29. The van der Waals surface area contributed by atoms with E-state index in [-0.39, 0.29) is 0 Å². The molecular weight excluding hydrogens is 227 g/mol. The Bertz CT molecular complexity index is 485. The van der Waals surface area contributed by atoms with Gasteiger partial charge in [-0.15, -0.1) is 0 Å². The lowest BCUT2D eigenvalue weighted by atomic mass is 9.81. The van der Waals surface area contributed by atoms with Gasteiger partial charge in [-0.3, -0.25) is 0 Å². The van der Waals surface area contributed by atoms with E-state index in [0.29, 0.717) is 5.92 Å². The van der Waals surface area contributed by atoms with E-state index in [1.54, 1.807) is 0 Å². The zero-order chi connectivity index (χ0) is 13.7. The predicted octanol–water partition coefficient (Wildman–Crippen LogP) is 4.80. The Labute approximate surface area is 118 Å². The molecule has 0 saturated carbocycles. The van der Waals surface area contributed by atoms with Crippen LogP contribution in [0.1, 0.15) is 41.0 Å². The van der Waals surface area contributed by atoms with Gasteiger partial charge in [-0.25, -0.2) is 0 Å². The Balaban J connectivity index is 2.42. The fourth-order valence-electron chi connectivity index (χ4n) is 2.76. The molecule has 2 aromatic carbocycles. The molecule has 0 spiro atoms. The highest BCUT2D eigenvalue weighted by Crippen LogP contribution is 2.33. The first kappa shape index (κ1) is 13.9. The van der Waals surface area contributed by atoms with Crippen molar-refractivity contribution < 1.29 is 0 Å². The van der Waals surface area contributed by atoms with Crippen LogP contribution in [-0.4, -0.2) is 7.85 Å². The third-order valence-corrected chi connectivity index (χ3v) is 3.82. The summed E-state index contributed by atoms with van der Waals surface area (Å²) in [6, 6.07) is 17.4. The molecule has 0 aromatic heterocycles. The highest BCUT2D eigenvalue weighted by atomic mass is 14.2. The zero-order valence-corrected chi connectivity index (χ0v) is 11.9. The smallest absolute Gasteiger partial charge is 0.0653 e. The van der Waals surface area contributed by atoms with Crippen LogP contribution in [0.25, 0.3) is 0 Å². The summed E-state index contributed by atoms with van der Waals surface area (Å²) < 4.78 is 0. The van der Waals surface area contributed by atoms with E-state index in [1.165, 1.54) is 22.3 Å². The van der Waals surface area contributed by atoms with Gasteiger partial charge in [0.2, 0.25) is 0 Å². The van der Waals surface area contributed by atoms with Crippen molar-refractivity contribution in [1.82, 2.24) is 0 Å². The van der Waals surface area contributed by atoms with Gasteiger partial charge in [-0.05, 0) is 42.5 Å². The SMILES string of the molecule is [B]CCCC(c1ccccc1C)c1ccccc1C. The molecule has 96 valence electrons. The van der Waals surface area contributed by atoms with Gasteiger partial charge >= 0.3 is 0 Å². The van der Waals surface area contributed by atoms with Crippen LogP contribution in [0.5, 0.6) is 0 Å². The van der Waals surface area contributed by atoms with Crippen molar-refractivity contribution in [1.29, 1.82) is 0 Å². The van der Waals surface area contributed by atoms with Gasteiger partial charge in [-0.2, -0.15) is 0 Å². The van der Waals surface area contributed by atoms with E-state index in [0.717, 1.165) is 19.2 Å². The van der Waals surface area contributed by atoms with Gasteiger partial charge in [0.25, 0.3) is 0 Å². The van der Waals surface area contributed by atoms with Crippen molar-refractivity contribution in [3.05, 3.63) is 70.8 Å². The Morgan fingerprint density at radius 2 is 1.32 bits per heavy atom. The average Bonchev–Trinajstić information content (AvgIpc) is 2.42. The second-order valence-corrected chi connectivity index (χ2v) is 5.20. The maximum absolute atomic E-state index is 5.71. The molecule has 0 aliphatic heterocycles. The van der Waals surface area contributed by atoms with Crippen LogP contribution in [0.15, 0.2) is 48.5 Å². The van der Waals surface area contributed by atoms with Crippen molar-refractivity contribution in [3.8, 4) is 0 Å². The molecule has 0 fully saturated rings. The van der Waals surface area contributed by atoms with E-state index < -0.39 is 0 Å². The monoisotopic (exact) mass is 248 g/mol. The minimum atomic E-state index is 0.464. The molecule has 1 heteroatoms. The number of aryl methyl sites for hydroxylation is 2. The Kier molecular flexibility index (Phi) is 4.84. The van der Waals surface area contributed by atoms with Crippen molar-refractivity contribution in [2.75, 3.05) is 0 Å². The lowest BCUT2D eigenvalue weighted by Gasteiger charge is -2.21. The summed E-state index contributed by atoms with van der Waals surface area (Å²) >= 11 is 0. The first-order valence-electron chi connectivity index (χ1n) is 7.05. The number of rotatable bonds is 5. The fourth-order valence-corrected chi connectivity index (χ4v) is 2.76. The van der Waals surface area contributed by atoms with Gasteiger partial charge in [0.05, 0.1) is 7.85 Å². The summed E-state index contributed by atoms with van der Waals surface area (Å²) in [4.78, 5) is 0. The maximum Gasteiger partial charge on any atom is 0.0653 e. The van der Waals surface area contributed by atoms with Crippen LogP contribution in [0.4, 0.5) is 0 Å². The molecule has 2 aromatic rings. The molecule has 0 N–H and O–H groups in total. The summed E-state index contributed by atoms with van der Waals surface area (Å²) in [5.74, 6) is 0.464. The van der Waals surface area contributed by atoms with Gasteiger partial charge in [0, 0.05) is 5.92 Å². The van der Waals surface area contributed by atoms with E-state index in [4.69, 9.17) is 7.85 Å². The van der Waals surface area contributed by atoms with Gasteiger partial charge < -0.3 is 0 Å². The van der Waals surface area contributed by atoms with E-state index >= 15 is 0 Å². The van der Waals surface area contributed by atoms with E-state index in [1.807, 2.05) is 0 Å². The maximum atomic E-state index is 5.71. The molecule has 0 atom stereocenters. The van der Waals surface area contributed by atoms with Crippen LogP contribution in [0.2, 0.25) is 6.32 Å². The van der Waals surface area contributed by atoms with Crippen LogP contribution in [-0.2, 0) is 0 Å². The minimum Gasteiger partial charge on any atom is -0.0887 e. The topological polar surface area (TPSA) is 0 Å². The van der Waals surface area contributed by atoms with Crippen LogP contribution in [0.3, 0.4) is 0 Å². The van der Waals surface area contributed by atoms with Crippen molar-refractivity contribution in [3.63, 3.8) is 0 Å². The molecule has 0 saturated heterocycles. The fraction of sp³-hybridized carbons (Fsp3) is 0.333. The summed E-state index contributed by atoms with van der Waals surface area (Å²) in [5, 5.41) is 0. The quantitative estimate of drug-likeness (QED) is 0.666. The standard InChI is InChI=1S/C18H21B/c1-14-8-3-5-10-16(14)18(12-7-13-19)17-11-6-4-9-15(17)2/h3-6,8-11,18H,7,12-13H2,1-2H3. The minimum absolute atomic E-state index is 0.464. The molecule has 0 unspecified atom stereocenters. The first-order chi connectivity index (χ1) is 9.24. The molecule has 0 amide bonds. The summed E-state index contributed by atoms with van der Waals surface area (Å²) in [6.45, 7) is 4.39. The number of hydrogen-bond acceptors (Lipinski definition) is 0. The lowest BCUT2D eigenvalue weighted by molar-refractivity contribution is 0.691. The summed E-state index contributed by atoms with van der Waals surface area (Å²) in [6.07, 6.45) is 2.94. The van der Waals surface area contributed by atoms with Crippen LogP contribution in [0, 0.1) is 13.8 Å². The van der Waals surface area contributed by atoms with E-state index in [9.17, 15) is 0 Å². The zero-order valence-electron chi connectivity index (χ0n) is 11.9. The van der Waals surface area contributed by atoms with Gasteiger partial charge in [0.1, 0.15) is 0 Å². The Hall–Kier alpha value is -1.50. The van der Waals surface area contributed by atoms with Crippen LogP contribution < -0.4 is 0 Å². The molecule has 0 heterocycles. The highest BCUT2D eigenvalue weighted by molar-refractivity contribution is 6.08. The molecule has 0 nitrogen and oxygen atoms in total. The first-order valence-corrected chi connectivity index (χ1v) is 7.05. The molecule has 0 bridgehead atoms. The molecule has 19 heavy (non-hydrogen) atoms. The predicted molar refractivity (Wildman–Crippen MR) is 84.0 cm³/mol. The third-order valence-electron chi connectivity index (χ3n) is 3.82. The van der Waals surface area contributed by atoms with Crippen molar-refractivity contribution in [2.24, 2.45) is 0 Å². The lowest BCUT2D eigenvalue weighted by Crippen LogP contribution is -2.05. The Morgan fingerprint density at radius 1 is 0.842 bits per heavy atom. The normalized spacial score (nSPS) is 10.9. The molecule has 0 aliphatic carbocycles. The van der Waals surface area contributed by atoms with Crippen molar-refractivity contribution in [2.45, 2.75) is 38.9 Å². The van der Waals surface area contributed by atoms with Gasteiger partial charge in [0.15, 0.2) is 0 Å². The second-order valence-electron chi connectivity index (χ2n) is 5.20. The summed E-state index contributed by atoms with van der Waals surface area (Å²) in [7, 11) is 5.71. The highest BCUT2D eigenvalue weighted by Gasteiger charge is 2.16. The van der Waals surface area contributed by atoms with Crippen molar-refractivity contribution >= 4 is 7.85 Å².